The molecule has 0 bridgehead atoms. The van der Waals surface area contributed by atoms with E-state index in [4.69, 9.17) is 0 Å². The summed E-state index contributed by atoms with van der Waals surface area (Å²) in [6, 6.07) is 0. The van der Waals surface area contributed by atoms with E-state index in [1.54, 1.807) is 0 Å². The predicted octanol–water partition coefficient (Wildman–Crippen LogP) is 0.870. The highest BCUT2D eigenvalue weighted by molar-refractivity contribution is 4.56. The molecule has 0 aromatic heterocycles. The molecule has 0 spiro atoms. The van der Waals surface area contributed by atoms with Gasteiger partial charge in [-0.3, -0.25) is 0 Å². The van der Waals surface area contributed by atoms with Crippen molar-refractivity contribution in [1.82, 2.24) is 15.1 Å². The van der Waals surface area contributed by atoms with E-state index in [2.05, 4.69) is 43.1 Å². The summed E-state index contributed by atoms with van der Waals surface area (Å²) >= 11 is 0. The molecule has 0 aliphatic heterocycles. The number of hydrogen-bond donors (Lipinski definition) is 1. The number of nitrogens with zero attached hydrogens (tertiary/aromatic N) is 2. The van der Waals surface area contributed by atoms with Gasteiger partial charge in [0.2, 0.25) is 0 Å². The molecule has 0 heterocycles. The Hall–Kier alpha value is -0.120. The number of hydrogen-bond acceptors (Lipinski definition) is 3. The lowest BCUT2D eigenvalue weighted by molar-refractivity contribution is 0.300. The van der Waals surface area contributed by atoms with Crippen molar-refractivity contribution in [3.05, 3.63) is 0 Å². The molecule has 0 aliphatic carbocycles. The third kappa shape index (κ3) is 8.48. The monoisotopic (exact) mass is 201 g/mol. The number of nitrogens with one attached hydrogen (secondary N) is 1. The molecule has 0 aromatic carbocycles. The second-order valence-corrected chi connectivity index (χ2v) is 3.93. The van der Waals surface area contributed by atoms with E-state index >= 15 is 0 Å². The smallest absolute Gasteiger partial charge is 0.0107 e. The summed E-state index contributed by atoms with van der Waals surface area (Å²) in [7, 11) is 4.24. The van der Waals surface area contributed by atoms with Gasteiger partial charge in [0.05, 0.1) is 0 Å². The molecule has 3 nitrogen and oxygen atoms in total. The van der Waals surface area contributed by atoms with Crippen molar-refractivity contribution in [1.29, 1.82) is 0 Å². The zero-order chi connectivity index (χ0) is 10.8. The minimum Gasteiger partial charge on any atom is -0.315 e. The Morgan fingerprint density at radius 2 is 1.57 bits per heavy atom. The molecule has 0 aromatic rings. The minimum absolute atomic E-state index is 1.12. The van der Waals surface area contributed by atoms with Gasteiger partial charge in [-0.1, -0.05) is 13.8 Å². The van der Waals surface area contributed by atoms with Crippen LogP contribution in [0.25, 0.3) is 0 Å². The van der Waals surface area contributed by atoms with Gasteiger partial charge < -0.3 is 15.1 Å². The van der Waals surface area contributed by atoms with Gasteiger partial charge in [0, 0.05) is 13.1 Å². The van der Waals surface area contributed by atoms with Crippen molar-refractivity contribution in [2.45, 2.75) is 20.3 Å². The molecular weight excluding hydrogens is 174 g/mol. The van der Waals surface area contributed by atoms with Crippen LogP contribution in [0.5, 0.6) is 0 Å². The Bertz CT molecular complexity index is 111. The second-order valence-electron chi connectivity index (χ2n) is 3.93. The SMILES string of the molecule is CCN(CC)CCNCCCN(C)C. The molecule has 0 radical (unpaired) electrons. The molecule has 0 rings (SSSR count). The summed E-state index contributed by atoms with van der Waals surface area (Å²) in [4.78, 5) is 4.67. The molecule has 0 unspecified atom stereocenters. The molecule has 3 heteroatoms. The first-order valence-corrected chi connectivity index (χ1v) is 5.78. The van der Waals surface area contributed by atoms with Crippen molar-refractivity contribution in [3.63, 3.8) is 0 Å². The Morgan fingerprint density at radius 3 is 2.07 bits per heavy atom. The van der Waals surface area contributed by atoms with E-state index in [-0.39, 0.29) is 0 Å². The maximum Gasteiger partial charge on any atom is 0.0107 e. The maximum absolute atomic E-state index is 3.47. The number of likely N-dealkylation sites (N-methyl/N-ethyl adjacent to an activating group) is 1. The van der Waals surface area contributed by atoms with E-state index in [9.17, 15) is 0 Å². The first-order chi connectivity index (χ1) is 6.70. The highest BCUT2D eigenvalue weighted by Gasteiger charge is 1.97. The van der Waals surface area contributed by atoms with Crippen LogP contribution in [0.2, 0.25) is 0 Å². The zero-order valence-corrected chi connectivity index (χ0v) is 10.3. The summed E-state index contributed by atoms with van der Waals surface area (Å²) < 4.78 is 0. The van der Waals surface area contributed by atoms with Crippen LogP contribution in [0, 0.1) is 0 Å². The fourth-order valence-electron chi connectivity index (χ4n) is 1.42. The van der Waals surface area contributed by atoms with E-state index < -0.39 is 0 Å². The third-order valence-corrected chi connectivity index (χ3v) is 2.46. The van der Waals surface area contributed by atoms with Crippen LogP contribution in [-0.2, 0) is 0 Å². The first kappa shape index (κ1) is 13.9. The Morgan fingerprint density at radius 1 is 0.929 bits per heavy atom. The first-order valence-electron chi connectivity index (χ1n) is 5.78. The van der Waals surface area contributed by atoms with Crippen molar-refractivity contribution in [3.8, 4) is 0 Å². The normalized spacial score (nSPS) is 11.6. The predicted molar refractivity (Wildman–Crippen MR) is 63.8 cm³/mol. The van der Waals surface area contributed by atoms with Crippen LogP contribution in [0.1, 0.15) is 20.3 Å². The Balaban J connectivity index is 3.12. The van der Waals surface area contributed by atoms with Gasteiger partial charge in [0.25, 0.3) is 0 Å². The van der Waals surface area contributed by atoms with Gasteiger partial charge in [-0.15, -0.1) is 0 Å². The molecular formula is C11H27N3. The molecule has 0 fully saturated rings. The third-order valence-electron chi connectivity index (χ3n) is 2.46. The van der Waals surface area contributed by atoms with Crippen molar-refractivity contribution >= 4 is 0 Å². The summed E-state index contributed by atoms with van der Waals surface area (Å²) in [6.45, 7) is 11.4. The van der Waals surface area contributed by atoms with Crippen molar-refractivity contribution in [2.75, 3.05) is 53.4 Å². The van der Waals surface area contributed by atoms with Gasteiger partial charge in [-0.05, 0) is 46.7 Å². The molecule has 86 valence electrons. The Labute approximate surface area is 89.5 Å². The topological polar surface area (TPSA) is 18.5 Å². The second kappa shape index (κ2) is 9.44. The molecule has 0 aliphatic rings. The van der Waals surface area contributed by atoms with E-state index in [0.717, 1.165) is 26.2 Å². The Kier molecular flexibility index (Phi) is 9.35. The fourth-order valence-corrected chi connectivity index (χ4v) is 1.42. The molecule has 0 saturated heterocycles. The molecule has 0 saturated carbocycles. The van der Waals surface area contributed by atoms with Gasteiger partial charge in [-0.2, -0.15) is 0 Å². The lowest BCUT2D eigenvalue weighted by Gasteiger charge is -2.18. The van der Waals surface area contributed by atoms with Gasteiger partial charge in [0.1, 0.15) is 0 Å². The minimum atomic E-state index is 1.12. The lowest BCUT2D eigenvalue weighted by atomic mass is 10.4. The van der Waals surface area contributed by atoms with Crippen molar-refractivity contribution in [2.24, 2.45) is 0 Å². The largest absolute Gasteiger partial charge is 0.315 e. The van der Waals surface area contributed by atoms with Gasteiger partial charge in [0.15, 0.2) is 0 Å². The average molecular weight is 201 g/mol. The van der Waals surface area contributed by atoms with E-state index in [1.807, 2.05) is 0 Å². The lowest BCUT2D eigenvalue weighted by Crippen LogP contribution is -2.32. The number of rotatable bonds is 9. The van der Waals surface area contributed by atoms with Crippen molar-refractivity contribution < 1.29 is 0 Å². The summed E-state index contributed by atoms with van der Waals surface area (Å²) in [6.07, 6.45) is 1.24. The summed E-state index contributed by atoms with van der Waals surface area (Å²) in [5, 5.41) is 3.47. The molecule has 0 amide bonds. The molecule has 1 N–H and O–H groups in total. The maximum atomic E-state index is 3.47. The highest BCUT2D eigenvalue weighted by atomic mass is 15.1. The molecule has 14 heavy (non-hydrogen) atoms. The highest BCUT2D eigenvalue weighted by Crippen LogP contribution is 1.85. The van der Waals surface area contributed by atoms with Gasteiger partial charge >= 0.3 is 0 Å². The van der Waals surface area contributed by atoms with Crippen LogP contribution in [0.3, 0.4) is 0 Å². The summed E-state index contributed by atoms with van der Waals surface area (Å²) in [5.41, 5.74) is 0. The van der Waals surface area contributed by atoms with Crippen LogP contribution in [0.4, 0.5) is 0 Å². The summed E-state index contributed by atoms with van der Waals surface area (Å²) in [5.74, 6) is 0. The quantitative estimate of drug-likeness (QED) is 0.559. The fraction of sp³-hybridized carbons (Fsp3) is 1.00. The standard InChI is InChI=1S/C11H27N3/c1-5-14(6-2)11-9-12-8-7-10-13(3)4/h12H,5-11H2,1-4H3. The molecule has 0 atom stereocenters. The van der Waals surface area contributed by atoms with Crippen LogP contribution in [-0.4, -0.2) is 63.2 Å². The van der Waals surface area contributed by atoms with Crippen LogP contribution < -0.4 is 5.32 Å². The average Bonchev–Trinajstić information content (AvgIpc) is 2.16. The zero-order valence-electron chi connectivity index (χ0n) is 10.3. The van der Waals surface area contributed by atoms with E-state index in [0.29, 0.717) is 0 Å². The van der Waals surface area contributed by atoms with Crippen LogP contribution in [0.15, 0.2) is 0 Å². The van der Waals surface area contributed by atoms with Gasteiger partial charge in [-0.25, -0.2) is 0 Å². The van der Waals surface area contributed by atoms with Crippen LogP contribution >= 0.6 is 0 Å². The van der Waals surface area contributed by atoms with E-state index in [1.165, 1.54) is 19.5 Å².